The number of rotatable bonds is 5. The Morgan fingerprint density at radius 3 is 2.77 bits per heavy atom. The summed E-state index contributed by atoms with van der Waals surface area (Å²) >= 11 is 2.01. The lowest BCUT2D eigenvalue weighted by Gasteiger charge is -2.26. The number of aryl methyl sites for hydroxylation is 1. The SMILES string of the molecule is Cc1cc(CN2CCSCC2)ccc1NC(=O)C=Cc1cccc(F)c1. The molecule has 3 rings (SSSR count). The molecule has 2 aromatic carbocycles. The molecule has 5 heteroatoms. The van der Waals surface area contributed by atoms with E-state index in [-0.39, 0.29) is 11.7 Å². The molecule has 136 valence electrons. The molecular formula is C21H23FN2OS. The van der Waals surface area contributed by atoms with E-state index in [1.807, 2.05) is 24.8 Å². The summed E-state index contributed by atoms with van der Waals surface area (Å²) in [6.45, 7) is 5.22. The van der Waals surface area contributed by atoms with Gasteiger partial charge in [-0.3, -0.25) is 9.69 Å². The Labute approximate surface area is 158 Å². The molecule has 1 saturated heterocycles. The Bertz CT molecular complexity index is 800. The highest BCUT2D eigenvalue weighted by atomic mass is 32.2. The zero-order chi connectivity index (χ0) is 18.4. The number of halogens is 1. The van der Waals surface area contributed by atoms with Gasteiger partial charge in [0.05, 0.1) is 0 Å². The van der Waals surface area contributed by atoms with Crippen LogP contribution in [0.4, 0.5) is 10.1 Å². The molecule has 1 amide bonds. The van der Waals surface area contributed by atoms with Gasteiger partial charge >= 0.3 is 0 Å². The minimum Gasteiger partial charge on any atom is -0.322 e. The van der Waals surface area contributed by atoms with Crippen LogP contribution in [0.15, 0.2) is 48.5 Å². The van der Waals surface area contributed by atoms with E-state index in [4.69, 9.17) is 0 Å². The molecule has 0 unspecified atom stereocenters. The molecule has 1 N–H and O–H groups in total. The molecular weight excluding hydrogens is 347 g/mol. The van der Waals surface area contributed by atoms with Crippen molar-refractivity contribution in [2.45, 2.75) is 13.5 Å². The van der Waals surface area contributed by atoms with Crippen LogP contribution in [0.25, 0.3) is 6.08 Å². The molecule has 0 aliphatic carbocycles. The molecule has 2 aromatic rings. The fourth-order valence-corrected chi connectivity index (χ4v) is 3.92. The molecule has 0 saturated carbocycles. The Kier molecular flexibility index (Phi) is 6.47. The van der Waals surface area contributed by atoms with E-state index in [0.717, 1.165) is 30.9 Å². The highest BCUT2D eigenvalue weighted by Gasteiger charge is 2.11. The number of hydrogen-bond donors (Lipinski definition) is 1. The molecule has 0 radical (unpaired) electrons. The lowest BCUT2D eigenvalue weighted by atomic mass is 10.1. The first-order chi connectivity index (χ1) is 12.6. The Hall–Kier alpha value is -2.11. The van der Waals surface area contributed by atoms with Crippen LogP contribution in [-0.2, 0) is 11.3 Å². The average Bonchev–Trinajstić information content (AvgIpc) is 2.63. The molecule has 0 aromatic heterocycles. The second kappa shape index (κ2) is 9.01. The minimum atomic E-state index is -0.314. The predicted octanol–water partition coefficient (Wildman–Crippen LogP) is 4.33. The van der Waals surface area contributed by atoms with Gasteiger partial charge in [0, 0.05) is 42.9 Å². The maximum Gasteiger partial charge on any atom is 0.248 e. The fourth-order valence-electron chi connectivity index (χ4n) is 2.94. The van der Waals surface area contributed by atoms with Gasteiger partial charge in [-0.25, -0.2) is 4.39 Å². The van der Waals surface area contributed by atoms with Gasteiger partial charge in [-0.05, 0) is 47.9 Å². The number of carbonyl (C=O) groups excluding carboxylic acids is 1. The second-order valence-electron chi connectivity index (χ2n) is 6.42. The quantitative estimate of drug-likeness (QED) is 0.795. The van der Waals surface area contributed by atoms with Gasteiger partial charge in [0.15, 0.2) is 0 Å². The lowest BCUT2D eigenvalue weighted by molar-refractivity contribution is -0.111. The fraction of sp³-hybridized carbons (Fsp3) is 0.286. The summed E-state index contributed by atoms with van der Waals surface area (Å²) in [5, 5.41) is 2.89. The van der Waals surface area contributed by atoms with Crippen molar-refractivity contribution in [3.05, 3.63) is 71.0 Å². The van der Waals surface area contributed by atoms with Crippen molar-refractivity contribution in [3.8, 4) is 0 Å². The van der Waals surface area contributed by atoms with Gasteiger partial charge in [-0.1, -0.05) is 24.3 Å². The lowest BCUT2D eigenvalue weighted by Crippen LogP contribution is -2.31. The Morgan fingerprint density at radius 2 is 2.04 bits per heavy atom. The summed E-state index contributed by atoms with van der Waals surface area (Å²) in [4.78, 5) is 14.6. The van der Waals surface area contributed by atoms with Gasteiger partial charge in [-0.2, -0.15) is 11.8 Å². The number of carbonyl (C=O) groups is 1. The molecule has 0 atom stereocenters. The summed E-state index contributed by atoms with van der Waals surface area (Å²) in [6, 6.07) is 12.3. The zero-order valence-corrected chi connectivity index (χ0v) is 15.7. The first-order valence-corrected chi connectivity index (χ1v) is 9.90. The van der Waals surface area contributed by atoms with E-state index in [2.05, 4.69) is 22.3 Å². The van der Waals surface area contributed by atoms with E-state index < -0.39 is 0 Å². The van der Waals surface area contributed by atoms with Crippen molar-refractivity contribution >= 4 is 29.4 Å². The van der Waals surface area contributed by atoms with E-state index in [9.17, 15) is 9.18 Å². The van der Waals surface area contributed by atoms with Crippen molar-refractivity contribution in [2.75, 3.05) is 29.9 Å². The third kappa shape index (κ3) is 5.44. The maximum absolute atomic E-state index is 13.2. The summed E-state index contributed by atoms with van der Waals surface area (Å²) in [5.74, 6) is 1.86. The van der Waals surface area contributed by atoms with Crippen molar-refractivity contribution < 1.29 is 9.18 Å². The Morgan fingerprint density at radius 1 is 1.23 bits per heavy atom. The maximum atomic E-state index is 13.2. The number of hydrogen-bond acceptors (Lipinski definition) is 3. The number of nitrogens with one attached hydrogen (secondary N) is 1. The summed E-state index contributed by atoms with van der Waals surface area (Å²) in [7, 11) is 0. The second-order valence-corrected chi connectivity index (χ2v) is 7.64. The third-order valence-electron chi connectivity index (χ3n) is 4.33. The van der Waals surface area contributed by atoms with Crippen LogP contribution in [-0.4, -0.2) is 35.4 Å². The normalized spacial score (nSPS) is 15.3. The first kappa shape index (κ1) is 18.7. The van der Waals surface area contributed by atoms with Crippen LogP contribution >= 0.6 is 11.8 Å². The monoisotopic (exact) mass is 370 g/mol. The number of amides is 1. The predicted molar refractivity (Wildman–Crippen MR) is 108 cm³/mol. The topological polar surface area (TPSA) is 32.3 Å². The van der Waals surface area contributed by atoms with Gasteiger partial charge in [0.2, 0.25) is 5.91 Å². The van der Waals surface area contributed by atoms with Crippen LogP contribution in [0.1, 0.15) is 16.7 Å². The van der Waals surface area contributed by atoms with Gasteiger partial charge < -0.3 is 5.32 Å². The van der Waals surface area contributed by atoms with Crippen molar-refractivity contribution in [1.29, 1.82) is 0 Å². The molecule has 26 heavy (non-hydrogen) atoms. The van der Waals surface area contributed by atoms with Gasteiger partial charge in [0.25, 0.3) is 0 Å². The molecule has 3 nitrogen and oxygen atoms in total. The van der Waals surface area contributed by atoms with Gasteiger partial charge in [-0.15, -0.1) is 0 Å². The van der Waals surface area contributed by atoms with Crippen LogP contribution < -0.4 is 5.32 Å². The molecule has 1 aliphatic heterocycles. The molecule has 1 fully saturated rings. The summed E-state index contributed by atoms with van der Waals surface area (Å²) in [6.07, 6.45) is 3.03. The molecule has 1 heterocycles. The van der Waals surface area contributed by atoms with Crippen LogP contribution in [0.3, 0.4) is 0 Å². The van der Waals surface area contributed by atoms with E-state index >= 15 is 0 Å². The zero-order valence-electron chi connectivity index (χ0n) is 14.9. The Balaban J connectivity index is 1.59. The highest BCUT2D eigenvalue weighted by molar-refractivity contribution is 7.99. The minimum absolute atomic E-state index is 0.224. The van der Waals surface area contributed by atoms with Crippen molar-refractivity contribution in [3.63, 3.8) is 0 Å². The number of nitrogens with zero attached hydrogens (tertiary/aromatic N) is 1. The third-order valence-corrected chi connectivity index (χ3v) is 5.28. The highest BCUT2D eigenvalue weighted by Crippen LogP contribution is 2.19. The average molecular weight is 370 g/mol. The molecule has 0 bridgehead atoms. The van der Waals surface area contributed by atoms with Crippen LogP contribution in [0.2, 0.25) is 0 Å². The van der Waals surface area contributed by atoms with Crippen LogP contribution in [0.5, 0.6) is 0 Å². The smallest absolute Gasteiger partial charge is 0.248 e. The number of anilines is 1. The summed E-state index contributed by atoms with van der Waals surface area (Å²) in [5.41, 5.74) is 3.77. The standard InChI is InChI=1S/C21H23FN2OS/c1-16-13-18(15-24-9-11-26-12-10-24)5-7-20(16)23-21(25)8-6-17-3-2-4-19(22)14-17/h2-8,13-14H,9-12,15H2,1H3,(H,23,25). The molecule has 1 aliphatic rings. The van der Waals surface area contributed by atoms with Gasteiger partial charge in [0.1, 0.15) is 5.82 Å². The number of thioether (sulfide) groups is 1. The van der Waals surface area contributed by atoms with Crippen LogP contribution in [0, 0.1) is 12.7 Å². The van der Waals surface area contributed by atoms with E-state index in [0.29, 0.717) is 5.56 Å². The number of benzene rings is 2. The van der Waals surface area contributed by atoms with Crippen molar-refractivity contribution in [1.82, 2.24) is 4.90 Å². The largest absolute Gasteiger partial charge is 0.322 e. The first-order valence-electron chi connectivity index (χ1n) is 8.74. The molecule has 0 spiro atoms. The summed E-state index contributed by atoms with van der Waals surface area (Å²) < 4.78 is 13.2. The van der Waals surface area contributed by atoms with E-state index in [1.165, 1.54) is 35.3 Å². The van der Waals surface area contributed by atoms with Crippen molar-refractivity contribution in [2.24, 2.45) is 0 Å². The van der Waals surface area contributed by atoms with E-state index in [1.54, 1.807) is 18.2 Å².